The van der Waals surface area contributed by atoms with Crippen LogP contribution in [0.1, 0.15) is 0 Å². The smallest absolute Gasteiger partial charge is 0.136 e. The van der Waals surface area contributed by atoms with Crippen molar-refractivity contribution in [3.05, 3.63) is 243 Å². The molecule has 0 radical (unpaired) electrons. The molecule has 2 heterocycles. The third kappa shape index (κ3) is 6.38. The minimum atomic E-state index is 0.886. The molecule has 3 heteroatoms. The summed E-state index contributed by atoms with van der Waals surface area (Å²) < 4.78 is 8.75. The van der Waals surface area contributed by atoms with Gasteiger partial charge in [-0.1, -0.05) is 176 Å². The second-order valence-corrected chi connectivity index (χ2v) is 16.1. The third-order valence-electron chi connectivity index (χ3n) is 12.4. The number of nitrogens with zero attached hydrogens (tertiary/aromatic N) is 2. The maximum absolute atomic E-state index is 6.34. The number of hydrogen-bond acceptors (Lipinski definition) is 2. The number of anilines is 3. The van der Waals surface area contributed by atoms with E-state index in [0.717, 1.165) is 72.5 Å². The average molecular weight is 805 g/mol. The van der Waals surface area contributed by atoms with E-state index in [9.17, 15) is 0 Å². The summed E-state index contributed by atoms with van der Waals surface area (Å²) >= 11 is 0. The zero-order valence-electron chi connectivity index (χ0n) is 34.4. The maximum Gasteiger partial charge on any atom is 0.136 e. The van der Waals surface area contributed by atoms with E-state index < -0.39 is 0 Å². The van der Waals surface area contributed by atoms with Crippen LogP contribution in [0.5, 0.6) is 0 Å². The lowest BCUT2D eigenvalue weighted by atomic mass is 9.97. The summed E-state index contributed by atoms with van der Waals surface area (Å²) in [5.41, 5.74) is 17.8. The van der Waals surface area contributed by atoms with Crippen LogP contribution in [-0.4, -0.2) is 4.57 Å². The third-order valence-corrected chi connectivity index (χ3v) is 12.4. The fourth-order valence-electron chi connectivity index (χ4n) is 9.43. The first-order chi connectivity index (χ1) is 31.2. The molecule has 296 valence electrons. The van der Waals surface area contributed by atoms with Crippen LogP contribution in [0.15, 0.2) is 247 Å². The molecule has 0 aliphatic carbocycles. The lowest BCUT2D eigenvalue weighted by Gasteiger charge is -2.28. The highest BCUT2D eigenvalue weighted by atomic mass is 16.3. The van der Waals surface area contributed by atoms with Gasteiger partial charge in [0, 0.05) is 44.0 Å². The number of rotatable bonds is 8. The number of fused-ring (bicyclic) bond motifs is 6. The minimum absolute atomic E-state index is 0.886. The second-order valence-electron chi connectivity index (χ2n) is 16.1. The highest BCUT2D eigenvalue weighted by Gasteiger charge is 2.20. The zero-order chi connectivity index (χ0) is 41.7. The molecule has 0 spiro atoms. The summed E-state index contributed by atoms with van der Waals surface area (Å²) in [7, 11) is 0. The van der Waals surface area contributed by atoms with Crippen molar-refractivity contribution in [2.75, 3.05) is 4.90 Å². The Kier molecular flexibility index (Phi) is 8.83. The summed E-state index contributed by atoms with van der Waals surface area (Å²) in [6, 6.07) is 87.2. The van der Waals surface area contributed by atoms with Gasteiger partial charge in [-0.05, 0) is 100 Å². The van der Waals surface area contributed by atoms with Gasteiger partial charge in [0.2, 0.25) is 0 Å². The lowest BCUT2D eigenvalue weighted by molar-refractivity contribution is 0.669. The lowest BCUT2D eigenvalue weighted by Crippen LogP contribution is -2.11. The minimum Gasteiger partial charge on any atom is -0.456 e. The molecule has 0 saturated heterocycles. The predicted octanol–water partition coefficient (Wildman–Crippen LogP) is 16.8. The van der Waals surface area contributed by atoms with Crippen LogP contribution in [0.25, 0.3) is 93.9 Å². The fraction of sp³-hybridized carbons (Fsp3) is 0. The van der Waals surface area contributed by atoms with Crippen LogP contribution in [0.3, 0.4) is 0 Å². The molecule has 0 atom stereocenters. The Morgan fingerprint density at radius 2 is 0.825 bits per heavy atom. The Hall–Kier alpha value is -8.40. The van der Waals surface area contributed by atoms with Gasteiger partial charge >= 0.3 is 0 Å². The van der Waals surface area contributed by atoms with Crippen molar-refractivity contribution < 1.29 is 4.42 Å². The highest BCUT2D eigenvalue weighted by Crippen LogP contribution is 2.44. The van der Waals surface area contributed by atoms with Gasteiger partial charge in [-0.25, -0.2) is 0 Å². The molecule has 0 unspecified atom stereocenters. The van der Waals surface area contributed by atoms with Crippen molar-refractivity contribution in [2.24, 2.45) is 0 Å². The van der Waals surface area contributed by atoms with Crippen LogP contribution in [0, 0.1) is 0 Å². The van der Waals surface area contributed by atoms with Crippen LogP contribution >= 0.6 is 0 Å². The quantitative estimate of drug-likeness (QED) is 0.153. The van der Waals surface area contributed by atoms with Crippen molar-refractivity contribution in [3.8, 4) is 50.2 Å². The fourth-order valence-corrected chi connectivity index (χ4v) is 9.43. The van der Waals surface area contributed by atoms with Gasteiger partial charge in [-0.3, -0.25) is 0 Å². The Morgan fingerprint density at radius 3 is 1.60 bits per heavy atom. The predicted molar refractivity (Wildman–Crippen MR) is 264 cm³/mol. The Morgan fingerprint density at radius 1 is 0.302 bits per heavy atom. The van der Waals surface area contributed by atoms with Gasteiger partial charge in [-0.2, -0.15) is 0 Å². The second kappa shape index (κ2) is 15.3. The van der Waals surface area contributed by atoms with Crippen molar-refractivity contribution in [3.63, 3.8) is 0 Å². The molecule has 0 fully saturated rings. The van der Waals surface area contributed by atoms with Gasteiger partial charge < -0.3 is 13.9 Å². The largest absolute Gasteiger partial charge is 0.456 e. The average Bonchev–Trinajstić information content (AvgIpc) is 3.90. The van der Waals surface area contributed by atoms with Crippen LogP contribution in [0.4, 0.5) is 17.1 Å². The van der Waals surface area contributed by atoms with Gasteiger partial charge in [0.15, 0.2) is 0 Å². The van der Waals surface area contributed by atoms with Gasteiger partial charge in [0.1, 0.15) is 11.2 Å². The molecule has 63 heavy (non-hydrogen) atoms. The normalized spacial score (nSPS) is 11.5. The van der Waals surface area contributed by atoms with Crippen LogP contribution in [0.2, 0.25) is 0 Å². The standard InChI is InChI=1S/C60H40N2O/c1-2-15-41(16-3-1)42-29-31-43(32-30-42)49-19-4-9-24-55(49)61(48-18-14-17-45(39-48)46-35-38-54-53-23-8-13-28-59(53)63-60(54)40-46)47-36-33-44(34-37-47)50-20-5-10-25-56(50)62-57-26-11-6-21-51(57)52-22-7-12-27-58(52)62/h1-40H. The molecular weight excluding hydrogens is 765 g/mol. The van der Waals surface area contributed by atoms with Crippen molar-refractivity contribution in [2.45, 2.75) is 0 Å². The van der Waals surface area contributed by atoms with Gasteiger partial charge in [-0.15, -0.1) is 0 Å². The highest BCUT2D eigenvalue weighted by molar-refractivity contribution is 6.10. The number of para-hydroxylation sites is 5. The summed E-state index contributed by atoms with van der Waals surface area (Å²) in [5, 5.41) is 4.76. The first kappa shape index (κ1) is 36.5. The molecular formula is C60H40N2O. The summed E-state index contributed by atoms with van der Waals surface area (Å²) in [5.74, 6) is 0. The van der Waals surface area contributed by atoms with Crippen molar-refractivity contribution in [1.82, 2.24) is 4.57 Å². The number of aromatic nitrogens is 1. The van der Waals surface area contributed by atoms with E-state index in [1.54, 1.807) is 0 Å². The Labute approximate surface area is 366 Å². The van der Waals surface area contributed by atoms with E-state index >= 15 is 0 Å². The molecule has 3 nitrogen and oxygen atoms in total. The van der Waals surface area contributed by atoms with Gasteiger partial charge in [0.25, 0.3) is 0 Å². The van der Waals surface area contributed by atoms with E-state index in [2.05, 4.69) is 240 Å². The topological polar surface area (TPSA) is 21.3 Å². The molecule has 2 aromatic heterocycles. The molecule has 12 rings (SSSR count). The Balaban J connectivity index is 0.990. The Bertz CT molecular complexity index is 3560. The number of furan rings is 1. The molecule has 0 N–H and O–H groups in total. The molecule has 0 aliphatic rings. The first-order valence-corrected chi connectivity index (χ1v) is 21.5. The van der Waals surface area contributed by atoms with E-state index in [4.69, 9.17) is 4.42 Å². The van der Waals surface area contributed by atoms with Crippen LogP contribution in [-0.2, 0) is 0 Å². The molecule has 0 amide bonds. The number of hydrogen-bond donors (Lipinski definition) is 0. The summed E-state index contributed by atoms with van der Waals surface area (Å²) in [4.78, 5) is 2.40. The van der Waals surface area contributed by atoms with Crippen molar-refractivity contribution >= 4 is 60.8 Å². The summed E-state index contributed by atoms with van der Waals surface area (Å²) in [6.45, 7) is 0. The zero-order valence-corrected chi connectivity index (χ0v) is 34.4. The van der Waals surface area contributed by atoms with E-state index in [1.807, 2.05) is 12.1 Å². The molecule has 0 aliphatic heterocycles. The van der Waals surface area contributed by atoms with Gasteiger partial charge in [0.05, 0.1) is 22.4 Å². The van der Waals surface area contributed by atoms with E-state index in [1.165, 1.54) is 38.5 Å². The van der Waals surface area contributed by atoms with Crippen LogP contribution < -0.4 is 4.90 Å². The van der Waals surface area contributed by atoms with Crippen molar-refractivity contribution in [1.29, 1.82) is 0 Å². The molecule has 12 aromatic rings. The maximum atomic E-state index is 6.34. The monoisotopic (exact) mass is 804 g/mol. The SMILES string of the molecule is c1ccc(-c2ccc(-c3ccccc3N(c3ccc(-c4ccccc4-n4c5ccccc5c5ccccc54)cc3)c3cccc(-c4ccc5c(c4)oc4ccccc45)c3)cc2)cc1. The number of benzene rings is 10. The summed E-state index contributed by atoms with van der Waals surface area (Å²) in [6.07, 6.45) is 0. The molecule has 0 saturated carbocycles. The molecule has 10 aromatic carbocycles. The van der Waals surface area contributed by atoms with E-state index in [-0.39, 0.29) is 0 Å². The van der Waals surface area contributed by atoms with E-state index in [0.29, 0.717) is 0 Å². The first-order valence-electron chi connectivity index (χ1n) is 21.5. The molecule has 0 bridgehead atoms.